The number of aromatic nitrogens is 2. The summed E-state index contributed by atoms with van der Waals surface area (Å²) in [7, 11) is 3.56. The first-order valence-electron chi connectivity index (χ1n) is 7.24. The van der Waals surface area contributed by atoms with Gasteiger partial charge in [0.05, 0.1) is 30.8 Å². The zero-order valence-electron chi connectivity index (χ0n) is 13.7. The zero-order valence-corrected chi connectivity index (χ0v) is 14.5. The molecule has 0 atom stereocenters. The molecule has 0 fully saturated rings. The van der Waals surface area contributed by atoms with Gasteiger partial charge in [-0.2, -0.15) is 0 Å². The normalized spacial score (nSPS) is 10.2. The van der Waals surface area contributed by atoms with Crippen LogP contribution in [0.4, 0.5) is 0 Å². The lowest BCUT2D eigenvalue weighted by Gasteiger charge is -2.21. The van der Waals surface area contributed by atoms with Crippen LogP contribution in [-0.2, 0) is 24.9 Å². The Labute approximate surface area is 146 Å². The summed E-state index contributed by atoms with van der Waals surface area (Å²) in [5.74, 6) is 0.667. The Kier molecular flexibility index (Phi) is 8.85. The number of aliphatic hydroxyl groups excluding tert-OH is 1. The number of aryl methyl sites for hydroxylation is 1. The Hall–Kier alpha value is -2.09. The zero-order chi connectivity index (χ0) is 17.9. The summed E-state index contributed by atoms with van der Waals surface area (Å²) in [6.07, 6.45) is 3.61. The monoisotopic (exact) mass is 355 g/mol. The number of hydrogen-bond donors (Lipinski definition) is 2. The molecule has 7 nitrogen and oxygen atoms in total. The van der Waals surface area contributed by atoms with Crippen LogP contribution >= 0.6 is 11.6 Å². The molecule has 1 aromatic carbocycles. The van der Waals surface area contributed by atoms with Gasteiger partial charge in [-0.1, -0.05) is 17.7 Å². The largest absolute Gasteiger partial charge is 0.495 e. The molecule has 0 spiro atoms. The third-order valence-corrected chi connectivity index (χ3v) is 3.64. The fourth-order valence-corrected chi connectivity index (χ4v) is 2.47. The van der Waals surface area contributed by atoms with E-state index in [1.54, 1.807) is 13.4 Å². The van der Waals surface area contributed by atoms with Crippen LogP contribution in [0.3, 0.4) is 0 Å². The molecule has 0 aliphatic rings. The van der Waals surface area contributed by atoms with Gasteiger partial charge in [0.1, 0.15) is 5.75 Å². The molecule has 0 saturated carbocycles. The van der Waals surface area contributed by atoms with Gasteiger partial charge in [-0.3, -0.25) is 9.69 Å². The van der Waals surface area contributed by atoms with Gasteiger partial charge in [-0.05, 0) is 17.7 Å². The van der Waals surface area contributed by atoms with Crippen molar-refractivity contribution < 1.29 is 19.7 Å². The number of carboxylic acid groups (broad SMARTS) is 1. The topological polar surface area (TPSA) is 87.8 Å². The van der Waals surface area contributed by atoms with Gasteiger partial charge in [0.2, 0.25) is 0 Å². The molecule has 132 valence electrons. The third kappa shape index (κ3) is 6.19. The highest BCUT2D eigenvalue weighted by Gasteiger charge is 2.10. The van der Waals surface area contributed by atoms with Crippen molar-refractivity contribution in [2.75, 3.05) is 20.3 Å². The second-order valence-electron chi connectivity index (χ2n) is 5.00. The molecule has 0 unspecified atom stereocenters. The van der Waals surface area contributed by atoms with Crippen LogP contribution < -0.4 is 4.74 Å². The van der Waals surface area contributed by atoms with Crippen molar-refractivity contribution in [3.63, 3.8) is 0 Å². The number of carbonyl (C=O) groups is 1. The molecular weight excluding hydrogens is 334 g/mol. The highest BCUT2D eigenvalue weighted by atomic mass is 35.5. The van der Waals surface area contributed by atoms with Crippen molar-refractivity contribution in [2.45, 2.75) is 13.1 Å². The summed E-state index contributed by atoms with van der Waals surface area (Å²) in [5.41, 5.74) is 2.18. The first-order valence-corrected chi connectivity index (χ1v) is 7.62. The standard InChI is InChI=1S/C15H20ClN3O2.CH2O2/c1-18-11-17-8-13(18)10-19(5-6-20)9-12-3-4-15(21-2)14(16)7-12;2-1-3/h3-4,7-8,11,20H,5-6,9-10H2,1-2H3;1H,(H,2,3). The van der Waals surface area contributed by atoms with Crippen LogP contribution in [0.25, 0.3) is 0 Å². The number of ether oxygens (including phenoxy) is 1. The minimum absolute atomic E-state index is 0.113. The Bertz CT molecular complexity index is 634. The lowest BCUT2D eigenvalue weighted by atomic mass is 10.2. The van der Waals surface area contributed by atoms with Gasteiger partial charge >= 0.3 is 0 Å². The van der Waals surface area contributed by atoms with E-state index < -0.39 is 0 Å². The van der Waals surface area contributed by atoms with E-state index in [0.717, 1.165) is 17.8 Å². The van der Waals surface area contributed by atoms with Crippen molar-refractivity contribution in [2.24, 2.45) is 7.05 Å². The Morgan fingerprint density at radius 2 is 2.12 bits per heavy atom. The highest BCUT2D eigenvalue weighted by Crippen LogP contribution is 2.25. The molecule has 0 aliphatic carbocycles. The first-order chi connectivity index (χ1) is 11.5. The number of rotatable bonds is 7. The van der Waals surface area contributed by atoms with E-state index in [2.05, 4.69) is 9.88 Å². The number of hydrogen-bond acceptors (Lipinski definition) is 5. The van der Waals surface area contributed by atoms with Crippen LogP contribution in [0.1, 0.15) is 11.3 Å². The van der Waals surface area contributed by atoms with Crippen molar-refractivity contribution in [3.05, 3.63) is 47.0 Å². The lowest BCUT2D eigenvalue weighted by Crippen LogP contribution is -2.27. The van der Waals surface area contributed by atoms with E-state index in [1.807, 2.05) is 36.0 Å². The maximum Gasteiger partial charge on any atom is 0.290 e. The maximum absolute atomic E-state index is 9.24. The fraction of sp³-hybridized carbons (Fsp3) is 0.375. The Balaban J connectivity index is 0.000000891. The van der Waals surface area contributed by atoms with Crippen LogP contribution in [-0.4, -0.2) is 51.4 Å². The molecule has 1 heterocycles. The number of aliphatic hydroxyl groups is 1. The van der Waals surface area contributed by atoms with Crippen LogP contribution in [0.2, 0.25) is 5.02 Å². The summed E-state index contributed by atoms with van der Waals surface area (Å²) in [4.78, 5) is 14.6. The first kappa shape index (κ1) is 20.0. The smallest absolute Gasteiger partial charge is 0.290 e. The average molecular weight is 356 g/mol. The molecule has 0 radical (unpaired) electrons. The van der Waals surface area contributed by atoms with Gasteiger partial charge in [0.15, 0.2) is 0 Å². The summed E-state index contributed by atoms with van der Waals surface area (Å²) >= 11 is 6.15. The van der Waals surface area contributed by atoms with Gasteiger partial charge in [0, 0.05) is 32.9 Å². The van der Waals surface area contributed by atoms with E-state index >= 15 is 0 Å². The van der Waals surface area contributed by atoms with E-state index in [9.17, 15) is 5.11 Å². The predicted molar refractivity (Wildman–Crippen MR) is 91.1 cm³/mol. The minimum atomic E-state index is -0.250. The molecule has 1 aromatic heterocycles. The van der Waals surface area contributed by atoms with E-state index in [4.69, 9.17) is 26.2 Å². The van der Waals surface area contributed by atoms with Gasteiger partial charge in [-0.25, -0.2) is 4.98 Å². The van der Waals surface area contributed by atoms with E-state index in [0.29, 0.717) is 23.9 Å². The molecule has 2 aromatic rings. The van der Waals surface area contributed by atoms with Gasteiger partial charge in [0.25, 0.3) is 6.47 Å². The predicted octanol–water partition coefficient (Wildman–Crippen LogP) is 1.78. The molecule has 2 rings (SSSR count). The highest BCUT2D eigenvalue weighted by molar-refractivity contribution is 6.32. The average Bonchev–Trinajstić information content (AvgIpc) is 2.94. The number of halogens is 1. The summed E-state index contributed by atoms with van der Waals surface area (Å²) in [5, 5.41) is 16.7. The molecule has 0 aliphatic heterocycles. The van der Waals surface area contributed by atoms with Crippen molar-refractivity contribution in [1.29, 1.82) is 0 Å². The Morgan fingerprint density at radius 1 is 1.42 bits per heavy atom. The molecule has 0 bridgehead atoms. The van der Waals surface area contributed by atoms with Crippen molar-refractivity contribution in [3.8, 4) is 5.75 Å². The van der Waals surface area contributed by atoms with E-state index in [-0.39, 0.29) is 13.1 Å². The molecule has 0 saturated heterocycles. The summed E-state index contributed by atoms with van der Waals surface area (Å²) in [6.45, 7) is 1.88. The lowest BCUT2D eigenvalue weighted by molar-refractivity contribution is -0.122. The van der Waals surface area contributed by atoms with Crippen LogP contribution in [0, 0.1) is 0 Å². The number of nitrogens with zero attached hydrogens (tertiary/aromatic N) is 3. The number of imidazole rings is 1. The Morgan fingerprint density at radius 3 is 2.62 bits per heavy atom. The molecule has 2 N–H and O–H groups in total. The van der Waals surface area contributed by atoms with Crippen molar-refractivity contribution in [1.82, 2.24) is 14.5 Å². The summed E-state index contributed by atoms with van der Waals surface area (Å²) in [6, 6.07) is 5.74. The maximum atomic E-state index is 9.24. The molecule has 0 amide bonds. The number of benzene rings is 1. The minimum Gasteiger partial charge on any atom is -0.495 e. The van der Waals surface area contributed by atoms with E-state index in [1.165, 1.54) is 0 Å². The third-order valence-electron chi connectivity index (χ3n) is 3.34. The molecule has 24 heavy (non-hydrogen) atoms. The SMILES string of the molecule is COc1ccc(CN(CCO)Cc2cncn2C)cc1Cl.O=CO. The second-order valence-corrected chi connectivity index (χ2v) is 5.41. The van der Waals surface area contributed by atoms with Crippen molar-refractivity contribution >= 4 is 18.1 Å². The molecule has 8 heteroatoms. The van der Waals surface area contributed by atoms with Crippen LogP contribution in [0.15, 0.2) is 30.7 Å². The number of methoxy groups -OCH3 is 1. The van der Waals surface area contributed by atoms with Gasteiger partial charge in [-0.15, -0.1) is 0 Å². The quantitative estimate of drug-likeness (QED) is 0.736. The summed E-state index contributed by atoms with van der Waals surface area (Å²) < 4.78 is 7.13. The second kappa shape index (κ2) is 10.6. The molecular formula is C16H22ClN3O4. The van der Waals surface area contributed by atoms with Crippen LogP contribution in [0.5, 0.6) is 5.75 Å². The fourth-order valence-electron chi connectivity index (χ4n) is 2.19. The van der Waals surface area contributed by atoms with Gasteiger partial charge < -0.3 is 19.5 Å².